The van der Waals surface area contributed by atoms with Crippen molar-refractivity contribution in [2.75, 3.05) is 45.9 Å². The summed E-state index contributed by atoms with van der Waals surface area (Å²) in [4.78, 5) is 6.80. The number of hydrogen-bond donors (Lipinski definition) is 2. The molecular weight excluding hydrogens is 537 g/mol. The summed E-state index contributed by atoms with van der Waals surface area (Å²) >= 11 is 3.35. The smallest absolute Gasteiger partial charge is 0.387 e. The molecule has 10 heteroatoms. The Morgan fingerprint density at radius 2 is 2.07 bits per heavy atom. The highest BCUT2D eigenvalue weighted by Crippen LogP contribution is 2.25. The number of halogens is 4. The first-order valence-corrected chi connectivity index (χ1v) is 9.43. The Hall–Kier alpha value is -0.720. The minimum absolute atomic E-state index is 0. The topological polar surface area (TPSA) is 58.1 Å². The molecule has 1 aromatic rings. The maximum absolute atomic E-state index is 12.6. The SMILES string of the molecule is CCNC(=NCc1cc(Br)ccc1OC(F)F)NCCN1CCOCC1.I. The molecule has 0 radical (unpaired) electrons. The summed E-state index contributed by atoms with van der Waals surface area (Å²) in [6, 6.07) is 4.91. The molecule has 1 aliphatic heterocycles. The molecule has 0 spiro atoms. The molecule has 2 rings (SSSR count). The highest BCUT2D eigenvalue weighted by atomic mass is 127. The Morgan fingerprint density at radius 3 is 2.74 bits per heavy atom. The van der Waals surface area contributed by atoms with Crippen LogP contribution in [-0.2, 0) is 11.3 Å². The Bertz CT molecular complexity index is 590. The molecule has 0 amide bonds. The zero-order valence-electron chi connectivity index (χ0n) is 15.2. The van der Waals surface area contributed by atoms with Crippen molar-refractivity contribution in [3.63, 3.8) is 0 Å². The van der Waals surface area contributed by atoms with Crippen LogP contribution in [0.2, 0.25) is 0 Å². The van der Waals surface area contributed by atoms with E-state index in [1.165, 1.54) is 6.07 Å². The van der Waals surface area contributed by atoms with E-state index in [4.69, 9.17) is 4.74 Å². The van der Waals surface area contributed by atoms with Gasteiger partial charge in [-0.3, -0.25) is 4.90 Å². The maximum atomic E-state index is 12.6. The van der Waals surface area contributed by atoms with Gasteiger partial charge in [0.05, 0.1) is 19.8 Å². The van der Waals surface area contributed by atoms with Crippen molar-refractivity contribution in [3.05, 3.63) is 28.2 Å². The van der Waals surface area contributed by atoms with Gasteiger partial charge in [-0.25, -0.2) is 4.99 Å². The normalized spacial score (nSPS) is 15.4. The molecule has 1 fully saturated rings. The van der Waals surface area contributed by atoms with E-state index in [9.17, 15) is 8.78 Å². The van der Waals surface area contributed by atoms with Crippen molar-refractivity contribution in [2.45, 2.75) is 20.1 Å². The quantitative estimate of drug-likeness (QED) is 0.290. The first-order valence-electron chi connectivity index (χ1n) is 8.64. The second-order valence-corrected chi connectivity index (χ2v) is 6.62. The molecule has 0 saturated carbocycles. The molecule has 0 bridgehead atoms. The van der Waals surface area contributed by atoms with Gasteiger partial charge in [0, 0.05) is 42.8 Å². The second kappa shape index (κ2) is 13.5. The summed E-state index contributed by atoms with van der Waals surface area (Å²) in [5.74, 6) is 0.778. The Morgan fingerprint density at radius 1 is 1.33 bits per heavy atom. The van der Waals surface area contributed by atoms with Crippen LogP contribution in [0.25, 0.3) is 0 Å². The van der Waals surface area contributed by atoms with E-state index in [2.05, 4.69) is 41.2 Å². The van der Waals surface area contributed by atoms with Crippen molar-refractivity contribution in [2.24, 2.45) is 4.99 Å². The third-order valence-electron chi connectivity index (χ3n) is 3.81. The van der Waals surface area contributed by atoms with Crippen molar-refractivity contribution >= 4 is 45.9 Å². The number of nitrogens with one attached hydrogen (secondary N) is 2. The van der Waals surface area contributed by atoms with E-state index >= 15 is 0 Å². The van der Waals surface area contributed by atoms with Crippen LogP contribution in [0.15, 0.2) is 27.7 Å². The number of alkyl halides is 2. The van der Waals surface area contributed by atoms with Crippen molar-refractivity contribution in [1.29, 1.82) is 0 Å². The molecule has 1 aromatic carbocycles. The van der Waals surface area contributed by atoms with E-state index in [0.29, 0.717) is 18.1 Å². The molecule has 0 atom stereocenters. The molecule has 27 heavy (non-hydrogen) atoms. The number of morpholine rings is 1. The lowest BCUT2D eigenvalue weighted by molar-refractivity contribution is -0.0504. The fourth-order valence-electron chi connectivity index (χ4n) is 2.55. The molecular formula is C17H26BrF2IN4O2. The average molecular weight is 563 g/mol. The van der Waals surface area contributed by atoms with E-state index in [-0.39, 0.29) is 36.3 Å². The van der Waals surface area contributed by atoms with Gasteiger partial charge in [-0.2, -0.15) is 8.78 Å². The van der Waals surface area contributed by atoms with Crippen LogP contribution in [0.5, 0.6) is 5.75 Å². The standard InChI is InChI=1S/C17H25BrF2N4O2.HI/c1-2-21-17(22-5-6-24-7-9-25-10-8-24)23-12-13-11-14(18)3-4-15(13)26-16(19)20;/h3-4,11,16H,2,5-10,12H2,1H3,(H2,21,22,23);1H. The van der Waals surface area contributed by atoms with Crippen molar-refractivity contribution < 1.29 is 18.3 Å². The summed E-state index contributed by atoms with van der Waals surface area (Å²) in [6.07, 6.45) is 0. The van der Waals surface area contributed by atoms with Crippen LogP contribution in [0.3, 0.4) is 0 Å². The Kier molecular flexibility index (Phi) is 12.1. The third kappa shape index (κ3) is 9.35. The molecule has 0 aromatic heterocycles. The lowest BCUT2D eigenvalue weighted by Crippen LogP contribution is -2.44. The predicted molar refractivity (Wildman–Crippen MR) is 116 cm³/mol. The van der Waals surface area contributed by atoms with Gasteiger partial charge in [0.15, 0.2) is 5.96 Å². The van der Waals surface area contributed by atoms with Gasteiger partial charge in [-0.15, -0.1) is 24.0 Å². The number of nitrogens with zero attached hydrogens (tertiary/aromatic N) is 2. The number of rotatable bonds is 8. The van der Waals surface area contributed by atoms with Gasteiger partial charge < -0.3 is 20.1 Å². The lowest BCUT2D eigenvalue weighted by Gasteiger charge is -2.26. The molecule has 6 nitrogen and oxygen atoms in total. The molecule has 0 unspecified atom stereocenters. The number of aliphatic imine (C=N–C) groups is 1. The Balaban J connectivity index is 0.00000364. The van der Waals surface area contributed by atoms with Crippen LogP contribution in [0, 0.1) is 0 Å². The van der Waals surface area contributed by atoms with Crippen molar-refractivity contribution in [1.82, 2.24) is 15.5 Å². The average Bonchev–Trinajstić information content (AvgIpc) is 2.62. The summed E-state index contributed by atoms with van der Waals surface area (Å²) in [6.45, 7) is 5.09. The third-order valence-corrected chi connectivity index (χ3v) is 4.31. The maximum Gasteiger partial charge on any atom is 0.387 e. The van der Waals surface area contributed by atoms with Gasteiger partial charge in [-0.1, -0.05) is 15.9 Å². The van der Waals surface area contributed by atoms with E-state index < -0.39 is 6.61 Å². The molecule has 2 N–H and O–H groups in total. The number of benzene rings is 1. The van der Waals surface area contributed by atoms with Crippen LogP contribution < -0.4 is 15.4 Å². The fraction of sp³-hybridized carbons (Fsp3) is 0.588. The second-order valence-electron chi connectivity index (χ2n) is 5.71. The number of hydrogen-bond acceptors (Lipinski definition) is 4. The zero-order valence-corrected chi connectivity index (χ0v) is 19.1. The first-order chi connectivity index (χ1) is 12.6. The van der Waals surface area contributed by atoms with Gasteiger partial charge in [0.25, 0.3) is 0 Å². The minimum atomic E-state index is -2.86. The van der Waals surface area contributed by atoms with E-state index in [0.717, 1.165) is 43.9 Å². The van der Waals surface area contributed by atoms with Gasteiger partial charge in [0.2, 0.25) is 0 Å². The van der Waals surface area contributed by atoms with E-state index in [1.807, 2.05) is 6.92 Å². The molecule has 1 aliphatic rings. The highest BCUT2D eigenvalue weighted by Gasteiger charge is 2.11. The predicted octanol–water partition coefficient (Wildman–Crippen LogP) is 3.06. The van der Waals surface area contributed by atoms with Gasteiger partial charge in [0.1, 0.15) is 5.75 Å². The van der Waals surface area contributed by atoms with Gasteiger partial charge in [-0.05, 0) is 25.1 Å². The summed E-state index contributed by atoms with van der Waals surface area (Å²) in [7, 11) is 0. The van der Waals surface area contributed by atoms with Crippen LogP contribution in [-0.4, -0.2) is 63.4 Å². The van der Waals surface area contributed by atoms with E-state index in [1.54, 1.807) is 12.1 Å². The fourth-order valence-corrected chi connectivity index (χ4v) is 2.95. The Labute approximate surface area is 184 Å². The van der Waals surface area contributed by atoms with Gasteiger partial charge >= 0.3 is 6.61 Å². The molecule has 1 heterocycles. The highest BCUT2D eigenvalue weighted by molar-refractivity contribution is 14.0. The first kappa shape index (κ1) is 24.3. The lowest BCUT2D eigenvalue weighted by atomic mass is 10.2. The van der Waals surface area contributed by atoms with Crippen LogP contribution in [0.4, 0.5) is 8.78 Å². The van der Waals surface area contributed by atoms with Crippen LogP contribution >= 0.6 is 39.9 Å². The summed E-state index contributed by atoms with van der Waals surface area (Å²) in [5.41, 5.74) is 0.588. The largest absolute Gasteiger partial charge is 0.434 e. The monoisotopic (exact) mass is 562 g/mol. The molecule has 0 aliphatic carbocycles. The molecule has 1 saturated heterocycles. The zero-order chi connectivity index (χ0) is 18.8. The summed E-state index contributed by atoms with van der Waals surface area (Å²) in [5, 5.41) is 6.43. The minimum Gasteiger partial charge on any atom is -0.434 e. The number of guanidine groups is 1. The number of ether oxygens (including phenoxy) is 2. The molecule has 154 valence electrons. The van der Waals surface area contributed by atoms with Crippen molar-refractivity contribution in [3.8, 4) is 5.75 Å². The summed E-state index contributed by atoms with van der Waals surface area (Å²) < 4.78 is 35.8. The van der Waals surface area contributed by atoms with Crippen LogP contribution in [0.1, 0.15) is 12.5 Å².